The van der Waals surface area contributed by atoms with Crippen molar-refractivity contribution >= 4 is 58.2 Å². The molecule has 0 aromatic heterocycles. The third-order valence-electron chi connectivity index (χ3n) is 11.0. The Labute approximate surface area is 344 Å². The molecule has 0 bridgehead atoms. The molecule has 58 heavy (non-hydrogen) atoms. The summed E-state index contributed by atoms with van der Waals surface area (Å²) in [5.74, 6) is 0. The van der Waals surface area contributed by atoms with E-state index in [0.29, 0.717) is 0 Å². The highest BCUT2D eigenvalue weighted by molar-refractivity contribution is 6.88. The predicted octanol–water partition coefficient (Wildman–Crippen LogP) is 15.3. The molecule has 0 fully saturated rings. The highest BCUT2D eigenvalue weighted by Gasteiger charge is 2.19. The first-order chi connectivity index (χ1) is 28.4. The first-order valence-corrected chi connectivity index (χ1v) is 23.6. The van der Waals surface area contributed by atoms with E-state index in [1.807, 2.05) is 0 Å². The van der Waals surface area contributed by atoms with Crippen LogP contribution in [-0.2, 0) is 0 Å². The van der Waals surface area contributed by atoms with E-state index < -0.39 is 8.07 Å². The molecule has 0 aliphatic heterocycles. The van der Waals surface area contributed by atoms with Crippen LogP contribution in [-0.4, -0.2) is 8.07 Å². The van der Waals surface area contributed by atoms with Crippen LogP contribution in [0.2, 0.25) is 19.6 Å². The highest BCUT2D eigenvalue weighted by atomic mass is 28.3. The second-order valence-corrected chi connectivity index (χ2v) is 21.0. The SMILES string of the molecule is C[Si](C)(C)c1ccc(N(c2ccc(-c3ccccc3)cc2)c2ccc(-c3ccc(-c4ccc(N(c5ccccc5)c5ccc6ccccc6c5)cc4)cc3)cc2)cc1. The molecule has 0 saturated carbocycles. The minimum atomic E-state index is -1.43. The van der Waals surface area contributed by atoms with Crippen molar-refractivity contribution in [1.82, 2.24) is 0 Å². The van der Waals surface area contributed by atoms with E-state index in [2.05, 4.69) is 254 Å². The number of hydrogen-bond acceptors (Lipinski definition) is 2. The smallest absolute Gasteiger partial charge is 0.0775 e. The zero-order valence-corrected chi connectivity index (χ0v) is 34.3. The van der Waals surface area contributed by atoms with Crippen molar-refractivity contribution < 1.29 is 0 Å². The lowest BCUT2D eigenvalue weighted by Crippen LogP contribution is -2.37. The first-order valence-electron chi connectivity index (χ1n) is 20.1. The number of fused-ring (bicyclic) bond motifs is 1. The minimum absolute atomic E-state index is 1.12. The summed E-state index contributed by atoms with van der Waals surface area (Å²) in [5, 5.41) is 3.93. The topological polar surface area (TPSA) is 6.48 Å². The van der Waals surface area contributed by atoms with Gasteiger partial charge in [-0.2, -0.15) is 0 Å². The average Bonchev–Trinajstić information content (AvgIpc) is 3.28. The maximum atomic E-state index is 2.40. The molecular weight excluding hydrogens is 717 g/mol. The molecule has 9 rings (SSSR count). The van der Waals surface area contributed by atoms with Crippen molar-refractivity contribution in [3.05, 3.63) is 224 Å². The lowest BCUT2D eigenvalue weighted by Gasteiger charge is -2.27. The summed E-state index contributed by atoms with van der Waals surface area (Å²) >= 11 is 0. The molecule has 0 aliphatic rings. The Morgan fingerprint density at radius 2 is 0.569 bits per heavy atom. The molecule has 0 amide bonds. The van der Waals surface area contributed by atoms with Gasteiger partial charge in [-0.05, 0) is 117 Å². The molecule has 0 unspecified atom stereocenters. The Hall–Kier alpha value is -6.94. The summed E-state index contributed by atoms with van der Waals surface area (Å²) in [6.45, 7) is 7.20. The van der Waals surface area contributed by atoms with Crippen LogP contribution in [0.25, 0.3) is 44.2 Å². The van der Waals surface area contributed by atoms with Gasteiger partial charge < -0.3 is 9.80 Å². The molecule has 0 saturated heterocycles. The van der Waals surface area contributed by atoms with Crippen LogP contribution >= 0.6 is 0 Å². The largest absolute Gasteiger partial charge is 0.311 e. The maximum Gasteiger partial charge on any atom is 0.0775 e. The molecular formula is C55H46N2Si. The Kier molecular flexibility index (Phi) is 10.1. The standard InChI is InChI=1S/C55H46N2Si/c1-58(2,3)55-38-36-53(37-39-55)56(50-29-22-45(23-30-50)41-12-6-4-7-13-41)51-31-24-46(25-32-51)43-18-20-44(21-19-43)47-26-33-52(34-27-47)57(49-16-8-5-9-17-49)54-35-28-42-14-10-11-15-48(42)40-54/h4-40H,1-3H3. The molecule has 0 N–H and O–H groups in total. The van der Waals surface area contributed by atoms with Gasteiger partial charge >= 0.3 is 0 Å². The Morgan fingerprint density at radius 3 is 1.02 bits per heavy atom. The van der Waals surface area contributed by atoms with Crippen LogP contribution in [0.1, 0.15) is 0 Å². The van der Waals surface area contributed by atoms with Crippen LogP contribution in [0.5, 0.6) is 0 Å². The molecule has 3 heteroatoms. The summed E-state index contributed by atoms with van der Waals surface area (Å²) in [7, 11) is -1.43. The number of rotatable bonds is 10. The molecule has 9 aromatic carbocycles. The number of nitrogens with zero attached hydrogens (tertiary/aromatic N) is 2. The summed E-state index contributed by atoms with van der Waals surface area (Å²) in [4.78, 5) is 4.69. The number of para-hydroxylation sites is 1. The summed E-state index contributed by atoms with van der Waals surface area (Å²) in [6.07, 6.45) is 0. The minimum Gasteiger partial charge on any atom is -0.311 e. The van der Waals surface area contributed by atoms with Gasteiger partial charge in [0.15, 0.2) is 0 Å². The fourth-order valence-corrected chi connectivity index (χ4v) is 8.96. The van der Waals surface area contributed by atoms with E-state index in [1.165, 1.54) is 49.3 Å². The zero-order valence-electron chi connectivity index (χ0n) is 33.3. The molecule has 0 heterocycles. The lowest BCUT2D eigenvalue weighted by atomic mass is 9.99. The summed E-state index contributed by atoms with van der Waals surface area (Å²) in [5.41, 5.74) is 14.0. The number of anilines is 6. The molecule has 0 atom stereocenters. The van der Waals surface area contributed by atoms with E-state index in [9.17, 15) is 0 Å². The maximum absolute atomic E-state index is 2.40. The fourth-order valence-electron chi connectivity index (χ4n) is 7.79. The average molecular weight is 763 g/mol. The van der Waals surface area contributed by atoms with Gasteiger partial charge in [-0.15, -0.1) is 0 Å². The molecule has 2 nitrogen and oxygen atoms in total. The van der Waals surface area contributed by atoms with Crippen LogP contribution < -0.4 is 15.0 Å². The molecule has 0 aliphatic carbocycles. The van der Waals surface area contributed by atoms with Crippen LogP contribution in [0, 0.1) is 0 Å². The van der Waals surface area contributed by atoms with E-state index >= 15 is 0 Å². The lowest BCUT2D eigenvalue weighted by molar-refractivity contribution is 1.28. The number of hydrogen-bond donors (Lipinski definition) is 0. The Morgan fingerprint density at radius 1 is 0.259 bits per heavy atom. The van der Waals surface area contributed by atoms with Crippen molar-refractivity contribution in [3.63, 3.8) is 0 Å². The molecule has 9 aromatic rings. The van der Waals surface area contributed by atoms with Crippen molar-refractivity contribution in [2.45, 2.75) is 19.6 Å². The van der Waals surface area contributed by atoms with E-state index in [4.69, 9.17) is 0 Å². The predicted molar refractivity (Wildman–Crippen MR) is 253 cm³/mol. The second kappa shape index (κ2) is 15.9. The number of benzene rings is 9. The highest BCUT2D eigenvalue weighted by Crippen LogP contribution is 2.39. The molecule has 0 radical (unpaired) electrons. The van der Waals surface area contributed by atoms with Crippen molar-refractivity contribution in [1.29, 1.82) is 0 Å². The third-order valence-corrected chi connectivity index (χ3v) is 13.1. The second-order valence-electron chi connectivity index (χ2n) is 15.9. The fraction of sp³-hybridized carbons (Fsp3) is 0.0545. The molecule has 280 valence electrons. The quantitative estimate of drug-likeness (QED) is 0.128. The Balaban J connectivity index is 0.973. The first kappa shape index (κ1) is 36.7. The van der Waals surface area contributed by atoms with Gasteiger partial charge in [-0.3, -0.25) is 0 Å². The van der Waals surface area contributed by atoms with Crippen molar-refractivity contribution in [3.8, 4) is 33.4 Å². The van der Waals surface area contributed by atoms with Gasteiger partial charge in [0, 0.05) is 34.1 Å². The van der Waals surface area contributed by atoms with Crippen LogP contribution in [0.3, 0.4) is 0 Å². The van der Waals surface area contributed by atoms with Gasteiger partial charge in [0.05, 0.1) is 8.07 Å². The normalized spacial score (nSPS) is 11.4. The third kappa shape index (κ3) is 7.73. The van der Waals surface area contributed by atoms with Crippen molar-refractivity contribution in [2.75, 3.05) is 9.80 Å². The zero-order chi connectivity index (χ0) is 39.5. The van der Waals surface area contributed by atoms with Gasteiger partial charge in [-0.25, -0.2) is 0 Å². The van der Waals surface area contributed by atoms with E-state index in [0.717, 1.165) is 34.1 Å². The van der Waals surface area contributed by atoms with E-state index in [-0.39, 0.29) is 0 Å². The molecule has 0 spiro atoms. The van der Waals surface area contributed by atoms with E-state index in [1.54, 1.807) is 0 Å². The monoisotopic (exact) mass is 762 g/mol. The summed E-state index contributed by atoms with van der Waals surface area (Å²) < 4.78 is 0. The summed E-state index contributed by atoms with van der Waals surface area (Å²) in [6, 6.07) is 81.3. The van der Waals surface area contributed by atoms with Crippen LogP contribution in [0.4, 0.5) is 34.1 Å². The van der Waals surface area contributed by atoms with Crippen molar-refractivity contribution in [2.24, 2.45) is 0 Å². The van der Waals surface area contributed by atoms with Crippen LogP contribution in [0.15, 0.2) is 224 Å². The van der Waals surface area contributed by atoms with Gasteiger partial charge in [0.25, 0.3) is 0 Å². The van der Waals surface area contributed by atoms with Gasteiger partial charge in [0.2, 0.25) is 0 Å². The van der Waals surface area contributed by atoms with Gasteiger partial charge in [-0.1, -0.05) is 176 Å². The Bertz CT molecular complexity index is 2750. The van der Waals surface area contributed by atoms with Gasteiger partial charge in [0.1, 0.15) is 0 Å².